The number of aromatic nitrogens is 1. The van der Waals surface area contributed by atoms with Crippen LogP contribution in [0, 0.1) is 0 Å². The molecule has 0 unspecified atom stereocenters. The highest BCUT2D eigenvalue weighted by Crippen LogP contribution is 2.28. The number of phenols is 1. The Morgan fingerprint density at radius 1 is 1.29 bits per heavy atom. The number of rotatable bonds is 2. The molecule has 0 spiro atoms. The van der Waals surface area contributed by atoms with E-state index in [2.05, 4.69) is 9.72 Å². The van der Waals surface area contributed by atoms with Crippen molar-refractivity contribution in [3.05, 3.63) is 48.3 Å². The van der Waals surface area contributed by atoms with E-state index in [1.165, 1.54) is 13.3 Å². The van der Waals surface area contributed by atoms with Crippen molar-refractivity contribution < 1.29 is 14.6 Å². The minimum Gasteiger partial charge on any atom is -0.507 e. The first-order valence-corrected chi connectivity index (χ1v) is 5.05. The van der Waals surface area contributed by atoms with Crippen LogP contribution < -0.4 is 0 Å². The maximum atomic E-state index is 11.3. The van der Waals surface area contributed by atoms with Gasteiger partial charge in [0.25, 0.3) is 0 Å². The summed E-state index contributed by atoms with van der Waals surface area (Å²) >= 11 is 0. The first kappa shape index (κ1) is 11.1. The molecule has 1 aromatic heterocycles. The van der Waals surface area contributed by atoms with E-state index in [4.69, 9.17) is 0 Å². The SMILES string of the molecule is COC(=O)c1cc(-c2ccccc2O)ccn1. The van der Waals surface area contributed by atoms with E-state index in [9.17, 15) is 9.90 Å². The highest BCUT2D eigenvalue weighted by atomic mass is 16.5. The summed E-state index contributed by atoms with van der Waals surface area (Å²) in [5.74, 6) is -0.336. The average Bonchev–Trinajstić information content (AvgIpc) is 2.38. The molecule has 4 heteroatoms. The van der Waals surface area contributed by atoms with Gasteiger partial charge >= 0.3 is 5.97 Å². The zero-order valence-corrected chi connectivity index (χ0v) is 9.25. The van der Waals surface area contributed by atoms with Crippen molar-refractivity contribution in [1.82, 2.24) is 4.98 Å². The first-order chi connectivity index (χ1) is 8.22. The Hall–Kier alpha value is -2.36. The highest BCUT2D eigenvalue weighted by molar-refractivity contribution is 5.89. The van der Waals surface area contributed by atoms with Gasteiger partial charge in [0.05, 0.1) is 7.11 Å². The standard InChI is InChI=1S/C13H11NO3/c1-17-13(16)11-8-9(6-7-14-11)10-4-2-3-5-12(10)15/h2-8,15H,1H3. The Morgan fingerprint density at radius 3 is 2.76 bits per heavy atom. The number of aromatic hydroxyl groups is 1. The number of para-hydroxylation sites is 1. The molecular weight excluding hydrogens is 218 g/mol. The van der Waals surface area contributed by atoms with Gasteiger partial charge in [-0.1, -0.05) is 18.2 Å². The fourth-order valence-corrected chi connectivity index (χ4v) is 1.53. The molecule has 1 N–H and O–H groups in total. The quantitative estimate of drug-likeness (QED) is 0.802. The number of carbonyl (C=O) groups excluding carboxylic acids is 1. The minimum atomic E-state index is -0.498. The van der Waals surface area contributed by atoms with E-state index in [0.29, 0.717) is 5.56 Å². The zero-order chi connectivity index (χ0) is 12.3. The molecule has 17 heavy (non-hydrogen) atoms. The van der Waals surface area contributed by atoms with Gasteiger partial charge < -0.3 is 9.84 Å². The Bertz CT molecular complexity index is 552. The van der Waals surface area contributed by atoms with Crippen molar-refractivity contribution in [2.45, 2.75) is 0 Å². The minimum absolute atomic E-state index is 0.162. The number of esters is 1. The summed E-state index contributed by atoms with van der Waals surface area (Å²) in [6, 6.07) is 10.2. The highest BCUT2D eigenvalue weighted by Gasteiger charge is 2.09. The van der Waals surface area contributed by atoms with Gasteiger partial charge in [0.1, 0.15) is 11.4 Å². The lowest BCUT2D eigenvalue weighted by Gasteiger charge is -2.05. The lowest BCUT2D eigenvalue weighted by Crippen LogP contribution is -2.03. The van der Waals surface area contributed by atoms with E-state index in [1.807, 2.05) is 6.07 Å². The summed E-state index contributed by atoms with van der Waals surface area (Å²) in [4.78, 5) is 15.2. The van der Waals surface area contributed by atoms with E-state index >= 15 is 0 Å². The second-order valence-electron chi connectivity index (χ2n) is 3.44. The number of ether oxygens (including phenoxy) is 1. The Morgan fingerprint density at radius 2 is 2.06 bits per heavy atom. The van der Waals surface area contributed by atoms with Crippen LogP contribution in [0.25, 0.3) is 11.1 Å². The van der Waals surface area contributed by atoms with Gasteiger partial charge in [-0.3, -0.25) is 0 Å². The molecule has 2 rings (SSSR count). The summed E-state index contributed by atoms with van der Waals surface area (Å²) in [6.45, 7) is 0. The molecule has 4 nitrogen and oxygen atoms in total. The second kappa shape index (κ2) is 4.65. The maximum absolute atomic E-state index is 11.3. The van der Waals surface area contributed by atoms with Gasteiger partial charge in [-0.25, -0.2) is 9.78 Å². The van der Waals surface area contributed by atoms with Crippen LogP contribution in [0.1, 0.15) is 10.5 Å². The van der Waals surface area contributed by atoms with Crippen molar-refractivity contribution in [2.24, 2.45) is 0 Å². The molecule has 0 aliphatic rings. The predicted octanol–water partition coefficient (Wildman–Crippen LogP) is 2.24. The van der Waals surface area contributed by atoms with Gasteiger partial charge in [-0.2, -0.15) is 0 Å². The van der Waals surface area contributed by atoms with Crippen LogP contribution in [0.15, 0.2) is 42.6 Å². The van der Waals surface area contributed by atoms with Crippen molar-refractivity contribution >= 4 is 5.97 Å². The zero-order valence-electron chi connectivity index (χ0n) is 9.25. The van der Waals surface area contributed by atoms with Crippen molar-refractivity contribution in [2.75, 3.05) is 7.11 Å². The third-order valence-electron chi connectivity index (χ3n) is 2.37. The van der Waals surface area contributed by atoms with Gasteiger partial charge in [0.15, 0.2) is 0 Å². The van der Waals surface area contributed by atoms with Crippen molar-refractivity contribution in [3.63, 3.8) is 0 Å². The van der Waals surface area contributed by atoms with Crippen LogP contribution in [0.2, 0.25) is 0 Å². The number of phenolic OH excluding ortho intramolecular Hbond substituents is 1. The Balaban J connectivity index is 2.47. The molecule has 0 aliphatic heterocycles. The topological polar surface area (TPSA) is 59.4 Å². The number of pyridine rings is 1. The molecule has 0 saturated heterocycles. The lowest BCUT2D eigenvalue weighted by molar-refractivity contribution is 0.0594. The van der Waals surface area contributed by atoms with E-state index in [1.54, 1.807) is 30.3 Å². The Kier molecular flexibility index (Phi) is 3.05. The van der Waals surface area contributed by atoms with Crippen LogP contribution in [0.3, 0.4) is 0 Å². The van der Waals surface area contributed by atoms with Crippen molar-refractivity contribution in [3.8, 4) is 16.9 Å². The van der Waals surface area contributed by atoms with Gasteiger partial charge in [-0.15, -0.1) is 0 Å². The van der Waals surface area contributed by atoms with Crippen LogP contribution in [0.4, 0.5) is 0 Å². The van der Waals surface area contributed by atoms with Crippen LogP contribution in [-0.2, 0) is 4.74 Å². The number of methoxy groups -OCH3 is 1. The molecule has 2 aromatic rings. The predicted molar refractivity (Wildman–Crippen MR) is 62.7 cm³/mol. The van der Waals surface area contributed by atoms with Gasteiger partial charge in [0.2, 0.25) is 0 Å². The third-order valence-corrected chi connectivity index (χ3v) is 2.37. The number of carbonyl (C=O) groups is 1. The first-order valence-electron chi connectivity index (χ1n) is 5.05. The van der Waals surface area contributed by atoms with Crippen LogP contribution >= 0.6 is 0 Å². The number of hydrogen-bond acceptors (Lipinski definition) is 4. The van der Waals surface area contributed by atoms with Crippen LogP contribution in [0.5, 0.6) is 5.75 Å². The summed E-state index contributed by atoms with van der Waals surface area (Å²) in [7, 11) is 1.30. The summed E-state index contributed by atoms with van der Waals surface area (Å²) in [6.07, 6.45) is 1.51. The molecule has 86 valence electrons. The molecule has 0 radical (unpaired) electrons. The van der Waals surface area contributed by atoms with E-state index in [0.717, 1.165) is 5.56 Å². The van der Waals surface area contributed by atoms with Crippen molar-refractivity contribution in [1.29, 1.82) is 0 Å². The molecule has 0 saturated carbocycles. The van der Waals surface area contributed by atoms with E-state index < -0.39 is 5.97 Å². The number of hydrogen-bond donors (Lipinski definition) is 1. The van der Waals surface area contributed by atoms with Gasteiger partial charge in [0, 0.05) is 11.8 Å². The molecule has 0 atom stereocenters. The smallest absolute Gasteiger partial charge is 0.356 e. The monoisotopic (exact) mass is 229 g/mol. The molecule has 0 amide bonds. The lowest BCUT2D eigenvalue weighted by atomic mass is 10.1. The molecule has 1 heterocycles. The second-order valence-corrected chi connectivity index (χ2v) is 3.44. The van der Waals surface area contributed by atoms with Gasteiger partial charge in [-0.05, 0) is 23.8 Å². The average molecular weight is 229 g/mol. The summed E-state index contributed by atoms with van der Waals surface area (Å²) in [5.41, 5.74) is 1.59. The normalized spacial score (nSPS) is 9.94. The number of nitrogens with zero attached hydrogens (tertiary/aromatic N) is 1. The fraction of sp³-hybridized carbons (Fsp3) is 0.0769. The van der Waals surface area contributed by atoms with E-state index in [-0.39, 0.29) is 11.4 Å². The maximum Gasteiger partial charge on any atom is 0.356 e. The Labute approximate surface area is 98.5 Å². The molecule has 0 bridgehead atoms. The molecule has 1 aromatic carbocycles. The molecule has 0 aliphatic carbocycles. The van der Waals surface area contributed by atoms with Crippen LogP contribution in [-0.4, -0.2) is 23.2 Å². The third kappa shape index (κ3) is 2.25. The fourth-order valence-electron chi connectivity index (χ4n) is 1.53. The molecule has 0 fully saturated rings. The number of benzene rings is 1. The molecular formula is C13H11NO3. The summed E-state index contributed by atoms with van der Waals surface area (Å²) < 4.78 is 4.59. The largest absolute Gasteiger partial charge is 0.507 e. The summed E-state index contributed by atoms with van der Waals surface area (Å²) in [5, 5.41) is 9.71.